The highest BCUT2D eigenvalue weighted by atomic mass is 32.2. The van der Waals surface area contributed by atoms with E-state index in [1.807, 2.05) is 19.1 Å². The summed E-state index contributed by atoms with van der Waals surface area (Å²) in [7, 11) is -3.70. The van der Waals surface area contributed by atoms with E-state index in [0.717, 1.165) is 48.7 Å². The number of fused-ring (bicyclic) bond motifs is 1. The van der Waals surface area contributed by atoms with E-state index >= 15 is 0 Å². The van der Waals surface area contributed by atoms with Gasteiger partial charge in [0, 0.05) is 31.9 Å². The molecule has 2 atom stereocenters. The number of pyridine rings is 1. The van der Waals surface area contributed by atoms with Gasteiger partial charge in [0.2, 0.25) is 5.95 Å². The third-order valence-corrected chi connectivity index (χ3v) is 9.85. The second-order valence-electron chi connectivity index (χ2n) is 9.57. The monoisotopic (exact) mass is 582 g/mol. The minimum Gasteiger partial charge on any atom is -0.372 e. The summed E-state index contributed by atoms with van der Waals surface area (Å²) in [5, 5.41) is 6.42. The first-order chi connectivity index (χ1) is 18.5. The molecular formula is C25H29F3N6O3S2. The SMILES string of the molecule is CCc1nc(N2CCNC(C)C2)ccc1Nc1ncc(C(F)(F)F)c(-c2cc3c(s2)C(C)OCCS3(=O)=O)n1. The van der Waals surface area contributed by atoms with Crippen molar-refractivity contribution in [2.45, 2.75) is 50.4 Å². The van der Waals surface area contributed by atoms with Crippen molar-refractivity contribution in [1.29, 1.82) is 0 Å². The molecule has 5 rings (SSSR count). The van der Waals surface area contributed by atoms with E-state index in [2.05, 4.69) is 32.4 Å². The maximum absolute atomic E-state index is 14.0. The lowest BCUT2D eigenvalue weighted by molar-refractivity contribution is -0.137. The number of sulfone groups is 1. The quantitative estimate of drug-likeness (QED) is 0.447. The number of hydrogen-bond acceptors (Lipinski definition) is 10. The van der Waals surface area contributed by atoms with Crippen LogP contribution in [-0.2, 0) is 27.2 Å². The van der Waals surface area contributed by atoms with Crippen LogP contribution in [0, 0.1) is 0 Å². The van der Waals surface area contributed by atoms with Crippen LogP contribution >= 0.6 is 11.3 Å². The molecule has 1 saturated heterocycles. The van der Waals surface area contributed by atoms with Gasteiger partial charge >= 0.3 is 6.18 Å². The minimum absolute atomic E-state index is 0.0102. The Kier molecular flexibility index (Phi) is 7.57. The second-order valence-corrected chi connectivity index (χ2v) is 12.7. The largest absolute Gasteiger partial charge is 0.420 e. The van der Waals surface area contributed by atoms with E-state index in [1.54, 1.807) is 6.92 Å². The van der Waals surface area contributed by atoms with Crippen LogP contribution in [0.4, 0.5) is 30.6 Å². The summed E-state index contributed by atoms with van der Waals surface area (Å²) in [5.41, 5.74) is -0.129. The fourth-order valence-electron chi connectivity index (χ4n) is 4.70. The van der Waals surface area contributed by atoms with Crippen LogP contribution < -0.4 is 15.5 Å². The summed E-state index contributed by atoms with van der Waals surface area (Å²) >= 11 is 0.938. The first kappa shape index (κ1) is 27.7. The number of hydrogen-bond donors (Lipinski definition) is 2. The average molecular weight is 583 g/mol. The van der Waals surface area contributed by atoms with Crippen LogP contribution in [-0.4, -0.2) is 61.4 Å². The number of aryl methyl sites for hydroxylation is 1. The van der Waals surface area contributed by atoms with Crippen molar-refractivity contribution in [3.05, 3.63) is 40.5 Å². The Morgan fingerprint density at radius 3 is 2.77 bits per heavy atom. The standard InChI is InChI=1S/C25H29F3N6O3S2/c1-4-17-18(5-6-21(31-17)34-8-7-29-14(2)13-34)32-24-30-12-16(25(26,27)28)22(33-24)19-11-20-23(38-19)15(3)37-9-10-39(20,35)36/h5-6,11-12,14-15,29H,4,7-10,13H2,1-3H3,(H,30,32,33). The molecule has 210 valence electrons. The molecule has 2 aliphatic rings. The number of nitrogens with one attached hydrogen (secondary N) is 2. The number of ether oxygens (including phenoxy) is 1. The van der Waals surface area contributed by atoms with Crippen molar-refractivity contribution >= 4 is 38.6 Å². The molecule has 39 heavy (non-hydrogen) atoms. The van der Waals surface area contributed by atoms with Crippen LogP contribution in [0.2, 0.25) is 0 Å². The van der Waals surface area contributed by atoms with E-state index in [0.29, 0.717) is 23.0 Å². The van der Waals surface area contributed by atoms with Crippen molar-refractivity contribution in [3.8, 4) is 10.6 Å². The van der Waals surface area contributed by atoms with Crippen LogP contribution in [0.5, 0.6) is 0 Å². The highest BCUT2D eigenvalue weighted by Crippen LogP contribution is 2.44. The van der Waals surface area contributed by atoms with Crippen molar-refractivity contribution in [2.24, 2.45) is 0 Å². The van der Waals surface area contributed by atoms with E-state index in [-0.39, 0.29) is 28.1 Å². The number of rotatable bonds is 5. The number of aromatic nitrogens is 3. The molecule has 3 aromatic heterocycles. The Morgan fingerprint density at radius 1 is 1.26 bits per heavy atom. The Balaban J connectivity index is 1.52. The highest BCUT2D eigenvalue weighted by Gasteiger charge is 2.37. The van der Waals surface area contributed by atoms with Crippen molar-refractivity contribution in [2.75, 3.05) is 42.2 Å². The molecule has 0 aromatic carbocycles. The molecule has 0 aliphatic carbocycles. The Labute approximate surface area is 228 Å². The molecule has 3 aromatic rings. The molecule has 9 nitrogen and oxygen atoms in total. The molecule has 2 unspecified atom stereocenters. The minimum atomic E-state index is -4.74. The molecule has 5 heterocycles. The molecular weight excluding hydrogens is 553 g/mol. The number of anilines is 3. The Hall–Kier alpha value is -2.81. The summed E-state index contributed by atoms with van der Waals surface area (Å²) in [6.45, 7) is 8.25. The predicted octanol–water partition coefficient (Wildman–Crippen LogP) is 4.59. The topological polar surface area (TPSA) is 109 Å². The number of alkyl halides is 3. The van der Waals surface area contributed by atoms with Gasteiger partial charge in [-0.3, -0.25) is 0 Å². The predicted molar refractivity (Wildman–Crippen MR) is 143 cm³/mol. The van der Waals surface area contributed by atoms with E-state index < -0.39 is 33.4 Å². The first-order valence-corrected chi connectivity index (χ1v) is 15.1. The zero-order valence-corrected chi connectivity index (χ0v) is 23.3. The molecule has 14 heteroatoms. The lowest BCUT2D eigenvalue weighted by atomic mass is 10.2. The summed E-state index contributed by atoms with van der Waals surface area (Å²) in [6, 6.07) is 5.30. The molecule has 0 spiro atoms. The van der Waals surface area contributed by atoms with Crippen LogP contribution in [0.3, 0.4) is 0 Å². The van der Waals surface area contributed by atoms with Gasteiger partial charge in [-0.25, -0.2) is 23.4 Å². The molecule has 0 saturated carbocycles. The Bertz CT molecular complexity index is 1480. The number of thiophene rings is 1. The van der Waals surface area contributed by atoms with Gasteiger partial charge in [-0.15, -0.1) is 11.3 Å². The Morgan fingerprint density at radius 2 is 2.05 bits per heavy atom. The number of piperazine rings is 1. The van der Waals surface area contributed by atoms with Crippen LogP contribution in [0.25, 0.3) is 10.6 Å². The lowest BCUT2D eigenvalue weighted by Gasteiger charge is -2.33. The normalized spacial score (nSPS) is 21.3. The third-order valence-electron chi connectivity index (χ3n) is 6.71. The van der Waals surface area contributed by atoms with E-state index in [4.69, 9.17) is 9.72 Å². The first-order valence-electron chi connectivity index (χ1n) is 12.6. The van der Waals surface area contributed by atoms with Gasteiger partial charge in [0.05, 0.1) is 50.2 Å². The molecule has 2 aliphatic heterocycles. The number of nitrogens with zero attached hydrogens (tertiary/aromatic N) is 4. The summed E-state index contributed by atoms with van der Waals surface area (Å²) < 4.78 is 73.0. The van der Waals surface area contributed by atoms with Gasteiger partial charge in [-0.05, 0) is 38.5 Å². The van der Waals surface area contributed by atoms with E-state index in [1.165, 1.54) is 6.07 Å². The van der Waals surface area contributed by atoms with Gasteiger partial charge in [0.1, 0.15) is 11.4 Å². The number of halogens is 3. The smallest absolute Gasteiger partial charge is 0.372 e. The maximum atomic E-state index is 14.0. The third kappa shape index (κ3) is 5.74. The summed E-state index contributed by atoms with van der Waals surface area (Å²) in [4.78, 5) is 15.6. The fraction of sp³-hybridized carbons (Fsp3) is 0.480. The van der Waals surface area contributed by atoms with Gasteiger partial charge in [-0.1, -0.05) is 6.92 Å². The van der Waals surface area contributed by atoms with Gasteiger partial charge in [-0.2, -0.15) is 13.2 Å². The van der Waals surface area contributed by atoms with Gasteiger partial charge < -0.3 is 20.3 Å². The molecule has 0 amide bonds. The second kappa shape index (κ2) is 10.6. The fourth-order valence-corrected chi connectivity index (χ4v) is 7.64. The molecule has 0 bridgehead atoms. The highest BCUT2D eigenvalue weighted by molar-refractivity contribution is 7.91. The zero-order chi connectivity index (χ0) is 27.9. The van der Waals surface area contributed by atoms with Crippen LogP contribution in [0.15, 0.2) is 29.3 Å². The lowest BCUT2D eigenvalue weighted by Crippen LogP contribution is -2.49. The summed E-state index contributed by atoms with van der Waals surface area (Å²) in [6.07, 6.45) is -4.01. The zero-order valence-electron chi connectivity index (χ0n) is 21.7. The van der Waals surface area contributed by atoms with Crippen molar-refractivity contribution < 1.29 is 26.3 Å². The van der Waals surface area contributed by atoms with Crippen LogP contribution in [0.1, 0.15) is 43.0 Å². The van der Waals surface area contributed by atoms with Crippen molar-refractivity contribution in [3.63, 3.8) is 0 Å². The van der Waals surface area contributed by atoms with Gasteiger partial charge in [0.25, 0.3) is 0 Å². The van der Waals surface area contributed by atoms with Gasteiger partial charge in [0.15, 0.2) is 9.84 Å². The molecule has 0 radical (unpaired) electrons. The molecule has 2 N–H and O–H groups in total. The van der Waals surface area contributed by atoms with Crippen molar-refractivity contribution in [1.82, 2.24) is 20.3 Å². The average Bonchev–Trinajstić information content (AvgIpc) is 3.31. The summed E-state index contributed by atoms with van der Waals surface area (Å²) in [5.74, 6) is 0.546. The van der Waals surface area contributed by atoms with E-state index in [9.17, 15) is 21.6 Å². The molecule has 1 fully saturated rings. The maximum Gasteiger partial charge on any atom is 0.420 e.